The standard InChI is InChI=1S/C51H88O5/c1-3-5-7-9-11-13-15-17-19-21-22-23-24-25-26-27-28-30-32-34-36-38-40-42-44-46-51(54)56-49(47-52)48-55-50(53)45-43-41-39-37-35-33-31-29-20-18-16-14-12-10-8-6-4-2/h6,8,12,14-15,17-18,20-22,24-25,49,52H,3-5,7,9-11,13,16,19,23,26-48H2,1-2H3/b8-6-,14-12-,17-15-,20-18-,22-21-,25-24-. The lowest BCUT2D eigenvalue weighted by atomic mass is 10.0. The van der Waals surface area contributed by atoms with Gasteiger partial charge in [-0.15, -0.1) is 0 Å². The maximum atomic E-state index is 12.2. The zero-order chi connectivity index (χ0) is 40.7. The lowest BCUT2D eigenvalue weighted by Crippen LogP contribution is -2.28. The van der Waals surface area contributed by atoms with Gasteiger partial charge in [-0.25, -0.2) is 0 Å². The van der Waals surface area contributed by atoms with E-state index in [-0.39, 0.29) is 25.2 Å². The number of ether oxygens (including phenoxy) is 2. The molecule has 322 valence electrons. The Labute approximate surface area is 346 Å². The van der Waals surface area contributed by atoms with Crippen LogP contribution in [0.25, 0.3) is 0 Å². The molecule has 5 nitrogen and oxygen atoms in total. The quantitative estimate of drug-likeness (QED) is 0.0379. The van der Waals surface area contributed by atoms with Crippen molar-refractivity contribution in [2.45, 2.75) is 225 Å². The average molecular weight is 781 g/mol. The SMILES string of the molecule is CC/C=C\C/C=C\C/C=C\CCCCCCCCCC(=O)OCC(CO)OC(=O)CCCCCCCCCCCC/C=C\C/C=C\C/C=C\CCCCCCC. The van der Waals surface area contributed by atoms with Crippen molar-refractivity contribution < 1.29 is 24.2 Å². The predicted molar refractivity (Wildman–Crippen MR) is 242 cm³/mol. The summed E-state index contributed by atoms with van der Waals surface area (Å²) in [6.45, 7) is 4.01. The molecule has 0 spiro atoms. The Morgan fingerprint density at radius 1 is 0.429 bits per heavy atom. The van der Waals surface area contributed by atoms with E-state index in [4.69, 9.17) is 9.47 Å². The van der Waals surface area contributed by atoms with E-state index in [1.807, 2.05) is 0 Å². The number of allylic oxidation sites excluding steroid dienone is 12. The number of aliphatic hydroxyl groups is 1. The minimum absolute atomic E-state index is 0.0753. The Bertz CT molecular complexity index is 1020. The molecule has 0 bridgehead atoms. The van der Waals surface area contributed by atoms with Gasteiger partial charge in [0.25, 0.3) is 0 Å². The minimum Gasteiger partial charge on any atom is -0.462 e. The van der Waals surface area contributed by atoms with Crippen LogP contribution in [0.1, 0.15) is 219 Å². The van der Waals surface area contributed by atoms with E-state index in [0.29, 0.717) is 12.8 Å². The Kier molecular flexibility index (Phi) is 44.5. The van der Waals surface area contributed by atoms with Crippen LogP contribution in [0, 0.1) is 0 Å². The molecule has 1 atom stereocenters. The molecule has 0 heterocycles. The Hall–Kier alpha value is -2.66. The molecule has 0 rings (SSSR count). The third kappa shape index (κ3) is 44.1. The van der Waals surface area contributed by atoms with Gasteiger partial charge in [-0.05, 0) is 83.5 Å². The van der Waals surface area contributed by atoms with Crippen LogP contribution in [-0.2, 0) is 19.1 Å². The molecule has 0 fully saturated rings. The predicted octanol–water partition coefficient (Wildman–Crippen LogP) is 15.3. The molecule has 0 aliphatic rings. The van der Waals surface area contributed by atoms with Crippen LogP contribution in [0.5, 0.6) is 0 Å². The number of rotatable bonds is 42. The number of hydrogen-bond acceptors (Lipinski definition) is 5. The summed E-state index contributed by atoms with van der Waals surface area (Å²) in [5.41, 5.74) is 0. The molecule has 5 heteroatoms. The maximum Gasteiger partial charge on any atom is 0.306 e. The summed E-state index contributed by atoms with van der Waals surface area (Å²) in [5, 5.41) is 9.60. The van der Waals surface area contributed by atoms with E-state index in [1.165, 1.54) is 116 Å². The number of carbonyl (C=O) groups excluding carboxylic acids is 2. The van der Waals surface area contributed by atoms with Gasteiger partial charge in [0.1, 0.15) is 6.61 Å². The Balaban J connectivity index is 3.55. The van der Waals surface area contributed by atoms with Crippen molar-refractivity contribution in [3.05, 3.63) is 72.9 Å². The van der Waals surface area contributed by atoms with Gasteiger partial charge in [0.05, 0.1) is 6.61 Å². The summed E-state index contributed by atoms with van der Waals surface area (Å²) >= 11 is 0. The fourth-order valence-electron chi connectivity index (χ4n) is 6.46. The van der Waals surface area contributed by atoms with Crippen molar-refractivity contribution in [2.24, 2.45) is 0 Å². The first-order valence-corrected chi connectivity index (χ1v) is 23.5. The summed E-state index contributed by atoms with van der Waals surface area (Å²) in [6.07, 6.45) is 62.6. The van der Waals surface area contributed by atoms with Gasteiger partial charge in [-0.2, -0.15) is 0 Å². The summed E-state index contributed by atoms with van der Waals surface area (Å²) < 4.78 is 10.6. The third-order valence-corrected chi connectivity index (χ3v) is 9.98. The largest absolute Gasteiger partial charge is 0.462 e. The first-order chi connectivity index (χ1) is 27.6. The zero-order valence-electron chi connectivity index (χ0n) is 36.6. The Morgan fingerprint density at radius 3 is 1.16 bits per heavy atom. The third-order valence-electron chi connectivity index (χ3n) is 9.98. The molecule has 0 aromatic heterocycles. The van der Waals surface area contributed by atoms with Crippen LogP contribution in [0.15, 0.2) is 72.9 Å². The minimum atomic E-state index is -0.781. The summed E-state index contributed by atoms with van der Waals surface area (Å²) in [7, 11) is 0. The van der Waals surface area contributed by atoms with Crippen molar-refractivity contribution in [1.82, 2.24) is 0 Å². The van der Waals surface area contributed by atoms with Crippen LogP contribution >= 0.6 is 0 Å². The van der Waals surface area contributed by atoms with E-state index in [0.717, 1.165) is 77.0 Å². The molecule has 0 aliphatic carbocycles. The highest BCUT2D eigenvalue weighted by atomic mass is 16.6. The summed E-state index contributed by atoms with van der Waals surface area (Å²) in [6, 6.07) is 0. The van der Waals surface area contributed by atoms with Crippen molar-refractivity contribution >= 4 is 11.9 Å². The van der Waals surface area contributed by atoms with Gasteiger partial charge in [0, 0.05) is 12.8 Å². The van der Waals surface area contributed by atoms with Crippen molar-refractivity contribution in [3.8, 4) is 0 Å². The average Bonchev–Trinajstić information content (AvgIpc) is 3.20. The van der Waals surface area contributed by atoms with Crippen molar-refractivity contribution in [2.75, 3.05) is 13.2 Å². The van der Waals surface area contributed by atoms with Crippen LogP contribution < -0.4 is 0 Å². The number of unbranched alkanes of at least 4 members (excludes halogenated alkanes) is 22. The first kappa shape index (κ1) is 53.3. The Morgan fingerprint density at radius 2 is 0.768 bits per heavy atom. The lowest BCUT2D eigenvalue weighted by molar-refractivity contribution is -0.161. The highest BCUT2D eigenvalue weighted by Crippen LogP contribution is 2.14. The van der Waals surface area contributed by atoms with Gasteiger partial charge in [-0.3, -0.25) is 9.59 Å². The molecular formula is C51H88O5. The summed E-state index contributed by atoms with van der Waals surface area (Å²) in [4.78, 5) is 24.4. The molecule has 0 radical (unpaired) electrons. The monoisotopic (exact) mass is 781 g/mol. The number of aliphatic hydroxyl groups excluding tert-OH is 1. The van der Waals surface area contributed by atoms with Gasteiger partial charge >= 0.3 is 11.9 Å². The van der Waals surface area contributed by atoms with E-state index < -0.39 is 6.10 Å². The van der Waals surface area contributed by atoms with Gasteiger partial charge in [0.15, 0.2) is 6.10 Å². The van der Waals surface area contributed by atoms with Gasteiger partial charge in [0.2, 0.25) is 0 Å². The number of hydrogen-bond donors (Lipinski definition) is 1. The van der Waals surface area contributed by atoms with Gasteiger partial charge < -0.3 is 14.6 Å². The molecule has 0 saturated carbocycles. The smallest absolute Gasteiger partial charge is 0.306 e. The molecule has 1 unspecified atom stereocenters. The normalized spacial score (nSPS) is 12.8. The molecule has 56 heavy (non-hydrogen) atoms. The lowest BCUT2D eigenvalue weighted by Gasteiger charge is -2.15. The number of esters is 2. The van der Waals surface area contributed by atoms with E-state index in [1.54, 1.807) is 0 Å². The second-order valence-corrected chi connectivity index (χ2v) is 15.4. The van der Waals surface area contributed by atoms with Crippen LogP contribution in [0.3, 0.4) is 0 Å². The molecule has 1 N–H and O–H groups in total. The second-order valence-electron chi connectivity index (χ2n) is 15.4. The van der Waals surface area contributed by atoms with Crippen LogP contribution in [-0.4, -0.2) is 36.4 Å². The van der Waals surface area contributed by atoms with E-state index in [9.17, 15) is 14.7 Å². The molecule has 0 saturated heterocycles. The number of carbonyl (C=O) groups is 2. The molecule has 0 aromatic carbocycles. The first-order valence-electron chi connectivity index (χ1n) is 23.5. The van der Waals surface area contributed by atoms with Crippen molar-refractivity contribution in [3.63, 3.8) is 0 Å². The maximum absolute atomic E-state index is 12.2. The fraction of sp³-hybridized carbons (Fsp3) is 0.725. The highest BCUT2D eigenvalue weighted by Gasteiger charge is 2.16. The molecule has 0 aliphatic heterocycles. The molecular weight excluding hydrogens is 693 g/mol. The zero-order valence-corrected chi connectivity index (χ0v) is 36.6. The topological polar surface area (TPSA) is 72.8 Å². The van der Waals surface area contributed by atoms with Gasteiger partial charge in [-0.1, -0.05) is 196 Å². The van der Waals surface area contributed by atoms with Crippen LogP contribution in [0.2, 0.25) is 0 Å². The molecule has 0 aromatic rings. The van der Waals surface area contributed by atoms with Crippen LogP contribution in [0.4, 0.5) is 0 Å². The van der Waals surface area contributed by atoms with E-state index in [2.05, 4.69) is 86.8 Å². The van der Waals surface area contributed by atoms with E-state index >= 15 is 0 Å². The summed E-state index contributed by atoms with van der Waals surface area (Å²) in [5.74, 6) is -0.607. The highest BCUT2D eigenvalue weighted by molar-refractivity contribution is 5.70. The fourth-order valence-corrected chi connectivity index (χ4v) is 6.46. The van der Waals surface area contributed by atoms with Crippen molar-refractivity contribution in [1.29, 1.82) is 0 Å². The molecule has 0 amide bonds. The second kappa shape index (κ2) is 46.7.